The number of hydrogen-bond acceptors (Lipinski definition) is 2. The van der Waals surface area contributed by atoms with Gasteiger partial charge in [-0.3, -0.25) is 4.31 Å². The molecule has 3 nitrogen and oxygen atoms in total. The van der Waals surface area contributed by atoms with Crippen LogP contribution < -0.4 is 4.31 Å². The van der Waals surface area contributed by atoms with Crippen LogP contribution in [0.2, 0.25) is 5.02 Å². The monoisotopic (exact) mass is 395 g/mol. The molecule has 8 heteroatoms. The normalized spacial score (nSPS) is 11.5. The molecule has 0 aliphatic carbocycles. The summed E-state index contributed by atoms with van der Waals surface area (Å²) in [6.07, 6.45) is 0. The third kappa shape index (κ3) is 3.20. The topological polar surface area (TPSA) is 37.4 Å². The molecule has 0 spiro atoms. The Morgan fingerprint density at radius 3 is 2.43 bits per heavy atom. The largest absolute Gasteiger partial charge is 0.266 e. The van der Waals surface area contributed by atoms with Crippen LogP contribution in [-0.2, 0) is 10.0 Å². The van der Waals surface area contributed by atoms with E-state index in [0.29, 0.717) is 8.78 Å². The molecule has 0 aromatic heterocycles. The van der Waals surface area contributed by atoms with Gasteiger partial charge in [0.1, 0.15) is 16.5 Å². The molecule has 0 aliphatic rings. The molecule has 0 saturated carbocycles. The molecule has 0 N–H and O–H groups in total. The highest BCUT2D eigenvalue weighted by molar-refractivity contribution is 9.10. The smallest absolute Gasteiger partial charge is 0.265 e. The molecule has 21 heavy (non-hydrogen) atoms. The summed E-state index contributed by atoms with van der Waals surface area (Å²) in [6.45, 7) is 0. The van der Waals surface area contributed by atoms with Gasteiger partial charge in [0.25, 0.3) is 10.0 Å². The summed E-state index contributed by atoms with van der Waals surface area (Å²) in [6, 6.07) is 6.76. The Morgan fingerprint density at radius 2 is 1.81 bits per heavy atom. The molecular weight excluding hydrogens is 388 g/mol. The minimum atomic E-state index is -4.10. The lowest BCUT2D eigenvalue weighted by atomic mass is 10.3. The maximum atomic E-state index is 13.7. The van der Waals surface area contributed by atoms with E-state index in [4.69, 9.17) is 11.6 Å². The van der Waals surface area contributed by atoms with Gasteiger partial charge in [0, 0.05) is 17.6 Å². The first-order valence-corrected chi connectivity index (χ1v) is 8.23. The minimum Gasteiger partial charge on any atom is -0.266 e. The molecule has 0 bridgehead atoms. The van der Waals surface area contributed by atoms with Crippen molar-refractivity contribution in [3.63, 3.8) is 0 Å². The van der Waals surface area contributed by atoms with Crippen molar-refractivity contribution >= 4 is 43.2 Å². The second kappa shape index (κ2) is 5.90. The predicted molar refractivity (Wildman–Crippen MR) is 81.1 cm³/mol. The fourth-order valence-electron chi connectivity index (χ4n) is 1.69. The van der Waals surface area contributed by atoms with E-state index in [1.54, 1.807) is 0 Å². The fraction of sp³-hybridized carbons (Fsp3) is 0.0769. The second-order valence-electron chi connectivity index (χ2n) is 4.14. The summed E-state index contributed by atoms with van der Waals surface area (Å²) in [5.41, 5.74) is -0.394. The standard InChI is InChI=1S/C13H9BrClF2NO2S/c1-18(12-7-9(16)3-4-11(12)17)21(19,20)13-5-2-8(14)6-10(13)15/h2-7H,1H3. The highest BCUT2D eigenvalue weighted by atomic mass is 79.9. The van der Waals surface area contributed by atoms with E-state index in [2.05, 4.69) is 15.9 Å². The van der Waals surface area contributed by atoms with Gasteiger partial charge in [0.15, 0.2) is 0 Å². The highest BCUT2D eigenvalue weighted by Gasteiger charge is 2.26. The molecule has 0 amide bonds. The molecule has 0 aliphatic heterocycles. The Morgan fingerprint density at radius 1 is 1.14 bits per heavy atom. The Hall–Kier alpha value is -1.18. The average molecular weight is 397 g/mol. The van der Waals surface area contributed by atoms with E-state index >= 15 is 0 Å². The van der Waals surface area contributed by atoms with Gasteiger partial charge in [0.05, 0.1) is 10.7 Å². The molecule has 0 atom stereocenters. The van der Waals surface area contributed by atoms with Gasteiger partial charge >= 0.3 is 0 Å². The number of nitrogens with zero attached hydrogens (tertiary/aromatic N) is 1. The lowest BCUT2D eigenvalue weighted by Crippen LogP contribution is -2.27. The van der Waals surface area contributed by atoms with Crippen LogP contribution in [0.4, 0.5) is 14.5 Å². The lowest BCUT2D eigenvalue weighted by Gasteiger charge is -2.20. The van der Waals surface area contributed by atoms with E-state index in [9.17, 15) is 17.2 Å². The summed E-state index contributed by atoms with van der Waals surface area (Å²) >= 11 is 9.08. The molecule has 0 fully saturated rings. The second-order valence-corrected chi connectivity index (χ2v) is 7.40. The van der Waals surface area contributed by atoms with E-state index in [0.717, 1.165) is 25.2 Å². The number of halogens is 4. The first kappa shape index (κ1) is 16.2. The van der Waals surface area contributed by atoms with Crippen LogP contribution in [0.25, 0.3) is 0 Å². The van der Waals surface area contributed by atoms with Gasteiger partial charge < -0.3 is 0 Å². The van der Waals surface area contributed by atoms with E-state index in [1.165, 1.54) is 18.2 Å². The molecule has 112 valence electrons. The van der Waals surface area contributed by atoms with E-state index < -0.39 is 27.3 Å². The van der Waals surface area contributed by atoms with Crippen LogP contribution >= 0.6 is 27.5 Å². The Bertz CT molecular complexity index is 799. The zero-order valence-electron chi connectivity index (χ0n) is 10.6. The van der Waals surface area contributed by atoms with E-state index in [1.807, 2.05) is 0 Å². The predicted octanol–water partition coefficient (Wildman–Crippen LogP) is 4.21. The Labute approximate surface area is 134 Å². The number of benzene rings is 2. The third-order valence-electron chi connectivity index (χ3n) is 2.78. The van der Waals surface area contributed by atoms with Crippen molar-refractivity contribution < 1.29 is 17.2 Å². The first-order chi connectivity index (χ1) is 9.73. The highest BCUT2D eigenvalue weighted by Crippen LogP contribution is 2.30. The zero-order chi connectivity index (χ0) is 15.8. The van der Waals surface area contributed by atoms with Gasteiger partial charge in [-0.2, -0.15) is 0 Å². The van der Waals surface area contributed by atoms with Crippen molar-refractivity contribution in [3.05, 3.63) is 57.5 Å². The molecule has 2 rings (SSSR count). The van der Waals surface area contributed by atoms with Crippen LogP contribution in [0.3, 0.4) is 0 Å². The summed E-state index contributed by atoms with van der Waals surface area (Å²) < 4.78 is 53.1. The van der Waals surface area contributed by atoms with Crippen molar-refractivity contribution in [1.82, 2.24) is 0 Å². The van der Waals surface area contributed by atoms with Crippen LogP contribution in [0, 0.1) is 11.6 Å². The summed E-state index contributed by atoms with van der Waals surface area (Å²) in [7, 11) is -2.97. The first-order valence-electron chi connectivity index (χ1n) is 5.62. The third-order valence-corrected chi connectivity index (χ3v) is 5.53. The van der Waals surface area contributed by atoms with Gasteiger partial charge in [-0.05, 0) is 30.3 Å². The van der Waals surface area contributed by atoms with E-state index in [-0.39, 0.29) is 9.92 Å². The quantitative estimate of drug-likeness (QED) is 0.779. The molecule has 0 saturated heterocycles. The van der Waals surface area contributed by atoms with Crippen LogP contribution in [0.5, 0.6) is 0 Å². The van der Waals surface area contributed by atoms with Gasteiger partial charge in [-0.25, -0.2) is 17.2 Å². The summed E-state index contributed by atoms with van der Waals surface area (Å²) in [5, 5.41) is -0.0203. The molecular formula is C13H9BrClF2NO2S. The van der Waals surface area contributed by atoms with Crippen LogP contribution in [-0.4, -0.2) is 15.5 Å². The van der Waals surface area contributed by atoms with Gasteiger partial charge in [-0.15, -0.1) is 0 Å². The van der Waals surface area contributed by atoms with Crippen molar-refractivity contribution in [2.75, 3.05) is 11.4 Å². The molecule has 2 aromatic rings. The lowest BCUT2D eigenvalue weighted by molar-refractivity contribution is 0.585. The molecule has 2 aromatic carbocycles. The van der Waals surface area contributed by atoms with Gasteiger partial charge in [0.2, 0.25) is 0 Å². The SMILES string of the molecule is CN(c1cc(F)ccc1F)S(=O)(=O)c1ccc(Br)cc1Cl. The molecule has 0 heterocycles. The van der Waals surface area contributed by atoms with Crippen molar-refractivity contribution in [3.8, 4) is 0 Å². The number of rotatable bonds is 3. The Kier molecular flexibility index (Phi) is 4.55. The van der Waals surface area contributed by atoms with Crippen LogP contribution in [0.1, 0.15) is 0 Å². The molecule has 0 unspecified atom stereocenters. The summed E-state index contributed by atoms with van der Waals surface area (Å²) in [5.74, 6) is -1.59. The van der Waals surface area contributed by atoms with Gasteiger partial charge in [-0.1, -0.05) is 27.5 Å². The zero-order valence-corrected chi connectivity index (χ0v) is 13.8. The number of sulfonamides is 1. The number of anilines is 1. The fourth-order valence-corrected chi connectivity index (χ4v) is 3.89. The summed E-state index contributed by atoms with van der Waals surface area (Å²) in [4.78, 5) is -0.196. The van der Waals surface area contributed by atoms with Crippen molar-refractivity contribution in [2.45, 2.75) is 4.90 Å². The van der Waals surface area contributed by atoms with Crippen molar-refractivity contribution in [1.29, 1.82) is 0 Å². The average Bonchev–Trinajstić information content (AvgIpc) is 2.40. The van der Waals surface area contributed by atoms with Crippen LogP contribution in [0.15, 0.2) is 45.8 Å². The number of hydrogen-bond donors (Lipinski definition) is 0. The minimum absolute atomic E-state index is 0.0203. The maximum absolute atomic E-state index is 13.7. The maximum Gasteiger partial charge on any atom is 0.265 e. The van der Waals surface area contributed by atoms with Crippen molar-refractivity contribution in [2.24, 2.45) is 0 Å². The Balaban J connectivity index is 2.55. The molecule has 0 radical (unpaired) electrons.